The van der Waals surface area contributed by atoms with Crippen LogP contribution in [0.4, 0.5) is 0 Å². The molecule has 9 heteroatoms. The molecule has 1 unspecified atom stereocenters. The second-order valence-corrected chi connectivity index (χ2v) is 10.1. The van der Waals surface area contributed by atoms with Crippen LogP contribution in [-0.2, 0) is 4.79 Å². The fraction of sp³-hybridized carbons (Fsp3) is 0.556. The molecule has 0 spiro atoms. The number of nitrogens with two attached hydrogens (primary N) is 2. The van der Waals surface area contributed by atoms with E-state index in [1.807, 2.05) is 42.2 Å². The molecule has 1 saturated heterocycles. The molecule has 0 radical (unpaired) electrons. The number of benzene rings is 1. The minimum absolute atomic E-state index is 0.0202. The Labute approximate surface area is 213 Å². The molecule has 6 N–H and O–H groups in total. The van der Waals surface area contributed by atoms with Gasteiger partial charge in [0, 0.05) is 37.3 Å². The van der Waals surface area contributed by atoms with Crippen molar-refractivity contribution in [3.63, 3.8) is 0 Å². The first kappa shape index (κ1) is 25.9. The summed E-state index contributed by atoms with van der Waals surface area (Å²) in [5, 5.41) is 7.44. The molecule has 194 valence electrons. The molecule has 4 rings (SSSR count). The number of carbonyl (C=O) groups excluding carboxylic acids is 2. The summed E-state index contributed by atoms with van der Waals surface area (Å²) in [5.41, 5.74) is 12.8. The van der Waals surface area contributed by atoms with Gasteiger partial charge in [-0.25, -0.2) is 4.99 Å². The maximum Gasteiger partial charge on any atom is 0.252 e. The Kier molecular flexibility index (Phi) is 8.74. The zero-order valence-electron chi connectivity index (χ0n) is 21.2. The van der Waals surface area contributed by atoms with Gasteiger partial charge >= 0.3 is 0 Å². The van der Waals surface area contributed by atoms with Crippen LogP contribution in [0.25, 0.3) is 10.9 Å². The maximum atomic E-state index is 13.6. The first-order valence-electron chi connectivity index (χ1n) is 13.2. The summed E-state index contributed by atoms with van der Waals surface area (Å²) in [4.78, 5) is 37.3. The molecule has 2 amide bonds. The van der Waals surface area contributed by atoms with E-state index in [0.29, 0.717) is 31.0 Å². The lowest BCUT2D eigenvalue weighted by atomic mass is 9.88. The highest BCUT2D eigenvalue weighted by Gasteiger charge is 2.36. The van der Waals surface area contributed by atoms with Gasteiger partial charge in [0.15, 0.2) is 5.96 Å². The predicted molar refractivity (Wildman–Crippen MR) is 142 cm³/mol. The number of carbonyl (C=O) groups is 2. The SMILES string of the molecule is CCC(N=C(N)N)[C@@H]1N[C@H](CNC(=O)c2cnc3ccccc3c2)CCN(CC2CCCCC2)C1=O. The highest BCUT2D eigenvalue weighted by atomic mass is 16.2. The molecule has 1 aliphatic heterocycles. The van der Waals surface area contributed by atoms with Gasteiger partial charge in [-0.1, -0.05) is 44.4 Å². The van der Waals surface area contributed by atoms with Gasteiger partial charge < -0.3 is 21.7 Å². The lowest BCUT2D eigenvalue weighted by Crippen LogP contribution is -2.54. The van der Waals surface area contributed by atoms with Crippen LogP contribution in [0.5, 0.6) is 0 Å². The quantitative estimate of drug-likeness (QED) is 0.328. The predicted octanol–water partition coefficient (Wildman–Crippen LogP) is 2.16. The maximum absolute atomic E-state index is 13.6. The van der Waals surface area contributed by atoms with Crippen LogP contribution in [0.3, 0.4) is 0 Å². The number of aromatic nitrogens is 1. The molecular weight excluding hydrogens is 454 g/mol. The van der Waals surface area contributed by atoms with Gasteiger partial charge in [0.1, 0.15) is 6.04 Å². The molecule has 1 aromatic carbocycles. The standard InChI is InChI=1S/C27H39N7O2/c1-2-22(33-27(28)29)24-26(36)34(17-18-8-4-3-5-9-18)13-12-21(32-24)16-31-25(35)20-14-19-10-6-7-11-23(19)30-15-20/h6-7,10-11,14-15,18,21-22,24,32H,2-5,8-9,12-13,16-17H2,1H3,(H,31,35)(H4,28,29,33)/t21-,22?,24-/m0/s1. The van der Waals surface area contributed by atoms with Gasteiger partial charge in [-0.15, -0.1) is 0 Å². The van der Waals surface area contributed by atoms with Gasteiger partial charge in [-0.05, 0) is 43.7 Å². The van der Waals surface area contributed by atoms with Crippen molar-refractivity contribution in [1.29, 1.82) is 0 Å². The lowest BCUT2D eigenvalue weighted by molar-refractivity contribution is -0.134. The van der Waals surface area contributed by atoms with E-state index >= 15 is 0 Å². The third kappa shape index (κ3) is 6.51. The summed E-state index contributed by atoms with van der Waals surface area (Å²) in [6.07, 6.45) is 9.06. The summed E-state index contributed by atoms with van der Waals surface area (Å²) in [6, 6.07) is 8.58. The third-order valence-electron chi connectivity index (χ3n) is 7.42. The number of hydrogen-bond acceptors (Lipinski definition) is 5. The van der Waals surface area contributed by atoms with E-state index in [2.05, 4.69) is 20.6 Å². The van der Waals surface area contributed by atoms with Crippen molar-refractivity contribution in [3.05, 3.63) is 42.1 Å². The molecule has 2 fully saturated rings. The van der Waals surface area contributed by atoms with Crippen LogP contribution in [0.1, 0.15) is 62.2 Å². The number of fused-ring (bicyclic) bond motifs is 1. The van der Waals surface area contributed by atoms with Crippen molar-refractivity contribution in [3.8, 4) is 0 Å². The Morgan fingerprint density at radius 1 is 1.22 bits per heavy atom. The number of guanidine groups is 1. The van der Waals surface area contributed by atoms with Crippen molar-refractivity contribution < 1.29 is 9.59 Å². The molecule has 1 aliphatic carbocycles. The Bertz CT molecular complexity index is 1080. The molecule has 3 atom stereocenters. The van der Waals surface area contributed by atoms with Gasteiger partial charge in [-0.2, -0.15) is 0 Å². The summed E-state index contributed by atoms with van der Waals surface area (Å²) in [5.74, 6) is 0.388. The number of nitrogens with zero attached hydrogens (tertiary/aromatic N) is 3. The summed E-state index contributed by atoms with van der Waals surface area (Å²) < 4.78 is 0. The molecule has 36 heavy (non-hydrogen) atoms. The molecule has 1 saturated carbocycles. The molecule has 2 aliphatic rings. The first-order chi connectivity index (χ1) is 17.4. The number of amides is 2. The van der Waals surface area contributed by atoms with Crippen molar-refractivity contribution in [2.75, 3.05) is 19.6 Å². The Balaban J connectivity index is 1.46. The van der Waals surface area contributed by atoms with E-state index in [4.69, 9.17) is 11.5 Å². The molecule has 0 bridgehead atoms. The highest BCUT2D eigenvalue weighted by Crippen LogP contribution is 2.26. The van der Waals surface area contributed by atoms with Crippen molar-refractivity contribution in [1.82, 2.24) is 20.5 Å². The van der Waals surface area contributed by atoms with Crippen LogP contribution < -0.4 is 22.1 Å². The van der Waals surface area contributed by atoms with Crippen LogP contribution in [0.15, 0.2) is 41.5 Å². The summed E-state index contributed by atoms with van der Waals surface area (Å²) >= 11 is 0. The Morgan fingerprint density at radius 3 is 2.75 bits per heavy atom. The second-order valence-electron chi connectivity index (χ2n) is 10.1. The topological polar surface area (TPSA) is 139 Å². The minimum Gasteiger partial charge on any atom is -0.370 e. The molecule has 2 heterocycles. The largest absolute Gasteiger partial charge is 0.370 e. The average Bonchev–Trinajstić information content (AvgIpc) is 3.04. The van der Waals surface area contributed by atoms with Crippen LogP contribution in [0, 0.1) is 5.92 Å². The fourth-order valence-corrected chi connectivity index (χ4v) is 5.43. The first-order valence-corrected chi connectivity index (χ1v) is 13.2. The van der Waals surface area contributed by atoms with E-state index in [1.54, 1.807) is 6.20 Å². The van der Waals surface area contributed by atoms with E-state index in [9.17, 15) is 9.59 Å². The third-order valence-corrected chi connectivity index (χ3v) is 7.42. The molecule has 2 aromatic rings. The number of para-hydroxylation sites is 1. The van der Waals surface area contributed by atoms with Crippen molar-refractivity contribution in [2.45, 2.75) is 70.0 Å². The molecule has 9 nitrogen and oxygen atoms in total. The van der Waals surface area contributed by atoms with Gasteiger partial charge in [0.25, 0.3) is 5.91 Å². The monoisotopic (exact) mass is 493 g/mol. The van der Waals surface area contributed by atoms with E-state index in [-0.39, 0.29) is 29.9 Å². The van der Waals surface area contributed by atoms with Crippen molar-refractivity contribution >= 4 is 28.7 Å². The van der Waals surface area contributed by atoms with E-state index < -0.39 is 6.04 Å². The Hall–Kier alpha value is -3.20. The van der Waals surface area contributed by atoms with Crippen LogP contribution in [-0.4, -0.2) is 65.4 Å². The highest BCUT2D eigenvalue weighted by molar-refractivity contribution is 5.97. The van der Waals surface area contributed by atoms with E-state index in [1.165, 1.54) is 32.1 Å². The lowest BCUT2D eigenvalue weighted by Gasteiger charge is -2.32. The Morgan fingerprint density at radius 2 is 2.00 bits per heavy atom. The fourth-order valence-electron chi connectivity index (χ4n) is 5.43. The normalized spacial score (nSPS) is 22.1. The minimum atomic E-state index is -0.535. The van der Waals surface area contributed by atoms with Gasteiger partial charge in [-0.3, -0.25) is 19.9 Å². The van der Waals surface area contributed by atoms with Crippen LogP contribution >= 0.6 is 0 Å². The van der Waals surface area contributed by atoms with E-state index in [0.717, 1.165) is 23.9 Å². The van der Waals surface area contributed by atoms with Crippen molar-refractivity contribution in [2.24, 2.45) is 22.4 Å². The number of nitrogens with one attached hydrogen (secondary N) is 2. The number of pyridine rings is 1. The number of aliphatic imine (C=N–C) groups is 1. The zero-order chi connectivity index (χ0) is 25.5. The van der Waals surface area contributed by atoms with Gasteiger partial charge in [0.2, 0.25) is 5.91 Å². The average molecular weight is 494 g/mol. The summed E-state index contributed by atoms with van der Waals surface area (Å²) in [7, 11) is 0. The molecular formula is C27H39N7O2. The number of rotatable bonds is 8. The second kappa shape index (κ2) is 12.2. The summed E-state index contributed by atoms with van der Waals surface area (Å²) in [6.45, 7) is 3.79. The van der Waals surface area contributed by atoms with Gasteiger partial charge in [0.05, 0.1) is 17.1 Å². The smallest absolute Gasteiger partial charge is 0.252 e. The zero-order valence-corrected chi connectivity index (χ0v) is 21.2. The van der Waals surface area contributed by atoms with Crippen LogP contribution in [0.2, 0.25) is 0 Å². The number of hydrogen-bond donors (Lipinski definition) is 4. The molecule has 1 aromatic heterocycles.